The molecule has 22 heavy (non-hydrogen) atoms. The quantitative estimate of drug-likeness (QED) is 0.403. The maximum Gasteiger partial charge on any atom is 0.0789 e. The molecule has 0 aliphatic carbocycles. The number of unbranched alkanes of at least 4 members (excludes halogenated alkanes) is 1. The second-order valence-electron chi connectivity index (χ2n) is 5.18. The Bertz CT molecular complexity index is 406. The van der Waals surface area contributed by atoms with Crippen LogP contribution in [-0.4, -0.2) is 38.8 Å². The molecule has 0 N–H and O–H groups in total. The number of rotatable bonds is 12. The molecule has 0 amide bonds. The van der Waals surface area contributed by atoms with Crippen molar-refractivity contribution in [1.82, 2.24) is 0 Å². The van der Waals surface area contributed by atoms with Crippen molar-refractivity contribution in [3.63, 3.8) is 0 Å². The van der Waals surface area contributed by atoms with Crippen LogP contribution >= 0.6 is 24.1 Å². The number of nitrogens with zero attached hydrogens (tertiary/aromatic N) is 1. The maximum absolute atomic E-state index is 5.44. The van der Waals surface area contributed by atoms with E-state index in [1.54, 1.807) is 0 Å². The first kappa shape index (κ1) is 19.7. The first-order valence-corrected chi connectivity index (χ1v) is 10.2. The fraction of sp³-hybridized carbons (Fsp3) is 0.647. The van der Waals surface area contributed by atoms with Crippen molar-refractivity contribution >= 4 is 29.8 Å². The maximum atomic E-state index is 5.44. The standard InChI is InChI=1S/C17H29NO2S2/c1-5-6-7-16-14-17(9-8-15(16)2)18(10-12-19-21-3)11-13-20-22-4/h8-9,14H,5-7,10-13H2,1-4H3. The lowest BCUT2D eigenvalue weighted by Gasteiger charge is -2.25. The van der Waals surface area contributed by atoms with E-state index >= 15 is 0 Å². The van der Waals surface area contributed by atoms with Gasteiger partial charge in [-0.1, -0.05) is 19.4 Å². The fourth-order valence-electron chi connectivity index (χ4n) is 2.32. The molecule has 0 saturated carbocycles. The van der Waals surface area contributed by atoms with E-state index in [0.29, 0.717) is 0 Å². The Balaban J connectivity index is 2.77. The SMILES string of the molecule is CCCCc1cc(N(CCOSC)CCOSC)ccc1C. The van der Waals surface area contributed by atoms with Gasteiger partial charge in [0.05, 0.1) is 13.2 Å². The van der Waals surface area contributed by atoms with Crippen LogP contribution in [0.4, 0.5) is 5.69 Å². The van der Waals surface area contributed by atoms with Crippen LogP contribution in [-0.2, 0) is 14.8 Å². The number of aryl methyl sites for hydroxylation is 2. The molecule has 1 aromatic carbocycles. The summed E-state index contributed by atoms with van der Waals surface area (Å²) in [6, 6.07) is 6.78. The molecule has 3 nitrogen and oxygen atoms in total. The second kappa shape index (κ2) is 12.1. The molecule has 126 valence electrons. The smallest absolute Gasteiger partial charge is 0.0789 e. The Kier molecular flexibility index (Phi) is 10.8. The van der Waals surface area contributed by atoms with Gasteiger partial charge in [-0.2, -0.15) is 0 Å². The highest BCUT2D eigenvalue weighted by molar-refractivity contribution is 7.94. The molecular formula is C17H29NO2S2. The normalized spacial score (nSPS) is 10.9. The minimum atomic E-state index is 0.721. The van der Waals surface area contributed by atoms with Crippen LogP contribution in [0.15, 0.2) is 18.2 Å². The van der Waals surface area contributed by atoms with Crippen LogP contribution in [0.3, 0.4) is 0 Å². The number of hydrogen-bond donors (Lipinski definition) is 0. The molecule has 0 spiro atoms. The minimum Gasteiger partial charge on any atom is -0.367 e. The summed E-state index contributed by atoms with van der Waals surface area (Å²) in [5, 5.41) is 0. The molecule has 0 fully saturated rings. The predicted octanol–water partition coefficient (Wildman–Crippen LogP) is 4.73. The number of hydrogen-bond acceptors (Lipinski definition) is 5. The van der Waals surface area contributed by atoms with E-state index in [4.69, 9.17) is 8.37 Å². The molecule has 0 unspecified atom stereocenters. The Morgan fingerprint density at radius 1 is 1.05 bits per heavy atom. The zero-order valence-electron chi connectivity index (χ0n) is 14.3. The van der Waals surface area contributed by atoms with Crippen LogP contribution in [0.2, 0.25) is 0 Å². The van der Waals surface area contributed by atoms with Crippen molar-refractivity contribution in [2.24, 2.45) is 0 Å². The van der Waals surface area contributed by atoms with Crippen LogP contribution in [0.5, 0.6) is 0 Å². The van der Waals surface area contributed by atoms with Crippen molar-refractivity contribution in [1.29, 1.82) is 0 Å². The highest BCUT2D eigenvalue weighted by atomic mass is 32.2. The van der Waals surface area contributed by atoms with Crippen molar-refractivity contribution in [3.8, 4) is 0 Å². The number of benzene rings is 1. The number of anilines is 1. The fourth-order valence-corrected chi connectivity index (χ4v) is 2.81. The van der Waals surface area contributed by atoms with E-state index in [9.17, 15) is 0 Å². The zero-order chi connectivity index (χ0) is 16.2. The monoisotopic (exact) mass is 343 g/mol. The molecule has 1 rings (SSSR count). The second-order valence-corrected chi connectivity index (χ2v) is 6.32. The lowest BCUT2D eigenvalue weighted by Crippen LogP contribution is -2.30. The molecule has 0 bridgehead atoms. The third kappa shape index (κ3) is 7.27. The van der Waals surface area contributed by atoms with Gasteiger partial charge in [-0.3, -0.25) is 0 Å². The summed E-state index contributed by atoms with van der Waals surface area (Å²) in [5.74, 6) is 0. The molecule has 0 atom stereocenters. The van der Waals surface area contributed by atoms with Gasteiger partial charge in [0.2, 0.25) is 0 Å². The summed E-state index contributed by atoms with van der Waals surface area (Å²) in [5.41, 5.74) is 4.12. The minimum absolute atomic E-state index is 0.721. The van der Waals surface area contributed by atoms with Crippen LogP contribution < -0.4 is 4.90 Å². The van der Waals surface area contributed by atoms with Gasteiger partial charge < -0.3 is 13.3 Å². The summed E-state index contributed by atoms with van der Waals surface area (Å²) in [7, 11) is 0. The summed E-state index contributed by atoms with van der Waals surface area (Å²) in [6.07, 6.45) is 7.55. The van der Waals surface area contributed by atoms with Gasteiger partial charge in [0, 0.05) is 31.3 Å². The van der Waals surface area contributed by atoms with Crippen molar-refractivity contribution < 1.29 is 8.37 Å². The molecule has 0 aromatic heterocycles. The van der Waals surface area contributed by atoms with E-state index in [1.165, 1.54) is 53.7 Å². The molecular weight excluding hydrogens is 314 g/mol. The Hall–Kier alpha value is -0.360. The Morgan fingerprint density at radius 3 is 2.23 bits per heavy atom. The average Bonchev–Trinajstić information content (AvgIpc) is 2.53. The molecule has 0 aliphatic heterocycles. The van der Waals surface area contributed by atoms with Crippen molar-refractivity contribution in [2.45, 2.75) is 33.1 Å². The lowest BCUT2D eigenvalue weighted by molar-refractivity contribution is 0.356. The Morgan fingerprint density at radius 2 is 1.68 bits per heavy atom. The topological polar surface area (TPSA) is 21.7 Å². The first-order valence-electron chi connectivity index (χ1n) is 7.88. The summed E-state index contributed by atoms with van der Waals surface area (Å²) >= 11 is 2.84. The lowest BCUT2D eigenvalue weighted by atomic mass is 10.0. The van der Waals surface area contributed by atoms with E-state index in [2.05, 4.69) is 36.9 Å². The van der Waals surface area contributed by atoms with E-state index in [0.717, 1.165) is 32.7 Å². The van der Waals surface area contributed by atoms with Gasteiger partial charge in [-0.15, -0.1) is 0 Å². The van der Waals surface area contributed by atoms with E-state index in [-0.39, 0.29) is 0 Å². The van der Waals surface area contributed by atoms with Crippen LogP contribution in [0.1, 0.15) is 30.9 Å². The molecule has 0 aliphatic rings. The zero-order valence-corrected chi connectivity index (χ0v) is 15.9. The van der Waals surface area contributed by atoms with Crippen molar-refractivity contribution in [3.05, 3.63) is 29.3 Å². The van der Waals surface area contributed by atoms with E-state index in [1.807, 2.05) is 12.5 Å². The summed E-state index contributed by atoms with van der Waals surface area (Å²) in [6.45, 7) is 7.65. The molecule has 1 aromatic rings. The molecule has 0 radical (unpaired) electrons. The van der Waals surface area contributed by atoms with Gasteiger partial charge in [0.15, 0.2) is 0 Å². The van der Waals surface area contributed by atoms with Crippen LogP contribution in [0, 0.1) is 6.92 Å². The highest BCUT2D eigenvalue weighted by Crippen LogP contribution is 2.21. The van der Waals surface area contributed by atoms with Crippen molar-refractivity contribution in [2.75, 3.05) is 43.7 Å². The molecule has 0 heterocycles. The van der Waals surface area contributed by atoms with Gasteiger partial charge >= 0.3 is 0 Å². The predicted molar refractivity (Wildman–Crippen MR) is 101 cm³/mol. The van der Waals surface area contributed by atoms with Gasteiger partial charge in [0.25, 0.3) is 0 Å². The molecule has 5 heteroatoms. The highest BCUT2D eigenvalue weighted by Gasteiger charge is 2.09. The first-order chi connectivity index (χ1) is 10.7. The average molecular weight is 344 g/mol. The summed E-state index contributed by atoms with van der Waals surface area (Å²) < 4.78 is 10.9. The van der Waals surface area contributed by atoms with E-state index < -0.39 is 0 Å². The van der Waals surface area contributed by atoms with Gasteiger partial charge in [-0.25, -0.2) is 0 Å². The molecule has 0 saturated heterocycles. The van der Waals surface area contributed by atoms with Gasteiger partial charge in [0.1, 0.15) is 0 Å². The third-order valence-electron chi connectivity index (χ3n) is 3.62. The van der Waals surface area contributed by atoms with Crippen LogP contribution in [0.25, 0.3) is 0 Å². The summed E-state index contributed by atoms with van der Waals surface area (Å²) in [4.78, 5) is 2.35. The van der Waals surface area contributed by atoms with Gasteiger partial charge in [-0.05, 0) is 67.1 Å². The third-order valence-corrected chi connectivity index (χ3v) is 4.43. The largest absolute Gasteiger partial charge is 0.367 e. The Labute approximate surface area is 144 Å².